The minimum atomic E-state index is -0.343. The van der Waals surface area contributed by atoms with E-state index in [1.807, 2.05) is 35.0 Å². The maximum absolute atomic E-state index is 12.2. The van der Waals surface area contributed by atoms with Crippen molar-refractivity contribution in [2.45, 2.75) is 12.3 Å². The minimum absolute atomic E-state index is 0.142. The number of ether oxygens (including phenoxy) is 1. The number of hydrogen-bond donors (Lipinski definition) is 1. The highest BCUT2D eigenvalue weighted by Crippen LogP contribution is 2.50. The topological polar surface area (TPSA) is 82.0 Å². The van der Waals surface area contributed by atoms with Gasteiger partial charge in [0, 0.05) is 47.1 Å². The predicted octanol–water partition coefficient (Wildman–Crippen LogP) is 3.15. The van der Waals surface area contributed by atoms with Gasteiger partial charge in [0.15, 0.2) is 0 Å². The van der Waals surface area contributed by atoms with E-state index < -0.39 is 0 Å². The van der Waals surface area contributed by atoms with E-state index in [4.69, 9.17) is 10.6 Å². The number of hydrogen-bond acceptors (Lipinski definition) is 5. The van der Waals surface area contributed by atoms with Crippen molar-refractivity contribution >= 4 is 33.8 Å². The van der Waals surface area contributed by atoms with Gasteiger partial charge < -0.3 is 15.1 Å². The minimum Gasteiger partial charge on any atom is -0.465 e. The zero-order valence-electron chi connectivity index (χ0n) is 14.0. The summed E-state index contributed by atoms with van der Waals surface area (Å²) in [6.07, 6.45) is 4.44. The highest BCUT2D eigenvalue weighted by Gasteiger charge is 2.45. The first-order valence-corrected chi connectivity index (χ1v) is 8.65. The molecule has 2 N–H and O–H groups in total. The Morgan fingerprint density at radius 2 is 2.24 bits per heavy atom. The second-order valence-electron chi connectivity index (χ2n) is 5.85. The largest absolute Gasteiger partial charge is 0.465 e. The van der Waals surface area contributed by atoms with Crippen LogP contribution >= 0.6 is 15.9 Å². The average molecular weight is 403 g/mol. The van der Waals surface area contributed by atoms with Crippen LogP contribution in [0.3, 0.4) is 0 Å². The van der Waals surface area contributed by atoms with Gasteiger partial charge in [-0.05, 0) is 30.7 Å². The Morgan fingerprint density at radius 3 is 2.88 bits per heavy atom. The molecule has 0 unspecified atom stereocenters. The van der Waals surface area contributed by atoms with Crippen LogP contribution in [0.1, 0.15) is 28.4 Å². The van der Waals surface area contributed by atoms with Gasteiger partial charge in [0.25, 0.3) is 0 Å². The van der Waals surface area contributed by atoms with Crippen LogP contribution in [0.2, 0.25) is 0 Å². The molecule has 2 atom stereocenters. The number of carbonyl (C=O) groups is 1. The van der Waals surface area contributed by atoms with E-state index in [1.54, 1.807) is 19.3 Å². The third kappa shape index (κ3) is 3.37. The van der Waals surface area contributed by atoms with Gasteiger partial charge in [-0.2, -0.15) is 5.10 Å². The Kier molecular flexibility index (Phi) is 5.03. The molecule has 0 saturated heterocycles. The number of rotatable bonds is 5. The molecule has 3 rings (SSSR count). The number of nitrogens with zero attached hydrogens (tertiary/aromatic N) is 3. The van der Waals surface area contributed by atoms with Gasteiger partial charge in [-0.1, -0.05) is 22.0 Å². The fourth-order valence-corrected chi connectivity index (χ4v) is 3.52. The van der Waals surface area contributed by atoms with Crippen LogP contribution in [0.5, 0.6) is 0 Å². The lowest BCUT2D eigenvalue weighted by Crippen LogP contribution is -2.11. The first kappa shape index (κ1) is 17.4. The maximum atomic E-state index is 12.2. The van der Waals surface area contributed by atoms with Gasteiger partial charge >= 0.3 is 5.97 Å². The number of aromatic nitrogens is 1. The van der Waals surface area contributed by atoms with E-state index in [-0.39, 0.29) is 17.8 Å². The van der Waals surface area contributed by atoms with Crippen LogP contribution in [0, 0.1) is 5.92 Å². The van der Waals surface area contributed by atoms with Crippen molar-refractivity contribution in [2.75, 3.05) is 14.2 Å². The van der Waals surface area contributed by atoms with E-state index in [9.17, 15) is 4.79 Å². The summed E-state index contributed by atoms with van der Waals surface area (Å²) in [7, 11) is 3.08. The summed E-state index contributed by atoms with van der Waals surface area (Å²) in [4.78, 5) is 16.2. The number of esters is 1. The molecule has 1 aliphatic carbocycles. The standard InChI is InChI=1S/C18H19BrN4O2/c1-21-10-16(22-20)14-9-15(14)17-13(18(24)25-2)6-7-23(17)12-5-3-4-11(19)8-12/h3-8,10,14-15H,9,20H2,1-2H3/t14-,15-/m0/s1. The van der Waals surface area contributed by atoms with Gasteiger partial charge in [0.05, 0.1) is 18.4 Å². The van der Waals surface area contributed by atoms with E-state index in [2.05, 4.69) is 26.0 Å². The number of benzene rings is 1. The van der Waals surface area contributed by atoms with Crippen LogP contribution in [0.4, 0.5) is 0 Å². The molecular formula is C18H19BrN4O2. The fourth-order valence-electron chi connectivity index (χ4n) is 3.14. The van der Waals surface area contributed by atoms with Crippen molar-refractivity contribution in [3.63, 3.8) is 0 Å². The maximum Gasteiger partial charge on any atom is 0.339 e. The third-order valence-corrected chi connectivity index (χ3v) is 4.84. The number of aliphatic imine (C=N–C) groups is 1. The number of methoxy groups -OCH3 is 1. The molecule has 1 aromatic carbocycles. The van der Waals surface area contributed by atoms with Gasteiger partial charge in [-0.15, -0.1) is 0 Å². The fraction of sp³-hybridized carbons (Fsp3) is 0.278. The smallest absolute Gasteiger partial charge is 0.339 e. The number of halogens is 1. The summed E-state index contributed by atoms with van der Waals surface area (Å²) in [5.74, 6) is 5.45. The Balaban J connectivity index is 2.05. The molecule has 25 heavy (non-hydrogen) atoms. The summed E-state index contributed by atoms with van der Waals surface area (Å²) < 4.78 is 7.95. The molecule has 1 heterocycles. The van der Waals surface area contributed by atoms with E-state index in [0.29, 0.717) is 5.56 Å². The molecule has 0 radical (unpaired) electrons. The lowest BCUT2D eigenvalue weighted by molar-refractivity contribution is 0.0599. The molecule has 1 fully saturated rings. The quantitative estimate of drug-likeness (QED) is 0.360. The zero-order valence-corrected chi connectivity index (χ0v) is 15.6. The molecule has 2 aromatic rings. The third-order valence-electron chi connectivity index (χ3n) is 4.35. The highest BCUT2D eigenvalue weighted by atomic mass is 79.9. The second kappa shape index (κ2) is 7.23. The lowest BCUT2D eigenvalue weighted by Gasteiger charge is -2.12. The first-order valence-electron chi connectivity index (χ1n) is 7.86. The van der Waals surface area contributed by atoms with Crippen molar-refractivity contribution in [3.05, 3.63) is 52.3 Å². The Hall–Kier alpha value is -2.41. The zero-order chi connectivity index (χ0) is 18.0. The first-order chi connectivity index (χ1) is 12.1. The second-order valence-corrected chi connectivity index (χ2v) is 6.76. The van der Waals surface area contributed by atoms with Crippen LogP contribution in [0.25, 0.3) is 5.69 Å². The summed E-state index contributed by atoms with van der Waals surface area (Å²) in [6.45, 7) is 0. The van der Waals surface area contributed by atoms with Gasteiger partial charge in [-0.3, -0.25) is 4.99 Å². The molecule has 0 spiro atoms. The molecule has 6 nitrogen and oxygen atoms in total. The summed E-state index contributed by atoms with van der Waals surface area (Å²) >= 11 is 3.49. The molecule has 1 aliphatic rings. The van der Waals surface area contributed by atoms with Crippen molar-refractivity contribution < 1.29 is 9.53 Å². The molecule has 7 heteroatoms. The molecule has 0 bridgehead atoms. The monoisotopic (exact) mass is 402 g/mol. The molecule has 130 valence electrons. The van der Waals surface area contributed by atoms with E-state index >= 15 is 0 Å². The summed E-state index contributed by atoms with van der Waals surface area (Å²) in [6, 6.07) is 9.72. The average Bonchev–Trinajstić information content (AvgIpc) is 3.27. The lowest BCUT2D eigenvalue weighted by atomic mass is 10.1. The molecular weight excluding hydrogens is 384 g/mol. The van der Waals surface area contributed by atoms with Gasteiger partial charge in [0.1, 0.15) is 0 Å². The van der Waals surface area contributed by atoms with Crippen molar-refractivity contribution in [2.24, 2.45) is 21.9 Å². The molecule has 1 saturated carbocycles. The van der Waals surface area contributed by atoms with Crippen molar-refractivity contribution in [3.8, 4) is 5.69 Å². The van der Waals surface area contributed by atoms with E-state index in [0.717, 1.165) is 28.0 Å². The van der Waals surface area contributed by atoms with Crippen LogP contribution in [-0.2, 0) is 4.74 Å². The Morgan fingerprint density at radius 1 is 1.44 bits per heavy atom. The van der Waals surface area contributed by atoms with Crippen LogP contribution < -0.4 is 5.84 Å². The van der Waals surface area contributed by atoms with E-state index in [1.165, 1.54) is 7.11 Å². The normalized spacial score (nSPS) is 20.0. The van der Waals surface area contributed by atoms with Crippen molar-refractivity contribution in [1.29, 1.82) is 0 Å². The summed E-state index contributed by atoms with van der Waals surface area (Å²) in [5.41, 5.74) is 3.20. The number of nitrogens with two attached hydrogens (primary N) is 1. The number of carbonyl (C=O) groups excluding carboxylic acids is 1. The Labute approximate surface area is 154 Å². The predicted molar refractivity (Wildman–Crippen MR) is 102 cm³/mol. The SMILES string of the molecule is CN=CC(=NN)[C@H]1C[C@@H]1c1c(C(=O)OC)ccn1-c1cccc(Br)c1. The Bertz CT molecular complexity index is 857. The van der Waals surface area contributed by atoms with Gasteiger partial charge in [-0.25, -0.2) is 4.79 Å². The van der Waals surface area contributed by atoms with Gasteiger partial charge in [0.2, 0.25) is 0 Å². The molecule has 0 aliphatic heterocycles. The highest BCUT2D eigenvalue weighted by molar-refractivity contribution is 9.10. The molecule has 0 amide bonds. The molecule has 1 aromatic heterocycles. The van der Waals surface area contributed by atoms with Crippen LogP contribution in [0.15, 0.2) is 51.1 Å². The number of hydrazone groups is 1. The summed E-state index contributed by atoms with van der Waals surface area (Å²) in [5, 5.41) is 3.85. The van der Waals surface area contributed by atoms with Crippen LogP contribution in [-0.4, -0.2) is 36.6 Å². The van der Waals surface area contributed by atoms with Crippen molar-refractivity contribution in [1.82, 2.24) is 4.57 Å².